The minimum Gasteiger partial charge on any atom is -0.493 e. The first-order chi connectivity index (χ1) is 9.75. The van der Waals surface area contributed by atoms with Gasteiger partial charge in [0.1, 0.15) is 5.75 Å². The molecule has 0 heterocycles. The van der Waals surface area contributed by atoms with Crippen LogP contribution in [0.25, 0.3) is 0 Å². The fraction of sp³-hybridized carbons (Fsp3) is 0.235. The van der Waals surface area contributed by atoms with Crippen LogP contribution >= 0.6 is 0 Å². The Morgan fingerprint density at radius 2 is 1.75 bits per heavy atom. The molecule has 0 spiro atoms. The summed E-state index contributed by atoms with van der Waals surface area (Å²) in [4.78, 5) is 11.7. The molecule has 3 heteroatoms. The number of para-hydroxylation sites is 1. The number of rotatable bonds is 6. The molecule has 1 N–H and O–H groups in total. The summed E-state index contributed by atoms with van der Waals surface area (Å²) in [5, 5.41) is 2.91. The van der Waals surface area contributed by atoms with Crippen molar-refractivity contribution in [2.24, 2.45) is 0 Å². The zero-order chi connectivity index (χ0) is 14.2. The Balaban J connectivity index is 1.70. The van der Waals surface area contributed by atoms with Crippen LogP contribution in [0.5, 0.6) is 5.75 Å². The summed E-state index contributed by atoms with van der Waals surface area (Å²) < 4.78 is 5.49. The number of amides is 1. The number of hydrogen-bond donors (Lipinski definition) is 1. The smallest absolute Gasteiger partial charge is 0.223 e. The Morgan fingerprint density at radius 1 is 1.05 bits per heavy atom. The van der Waals surface area contributed by atoms with Gasteiger partial charge >= 0.3 is 0 Å². The molecule has 3 nitrogen and oxygen atoms in total. The van der Waals surface area contributed by atoms with E-state index in [-0.39, 0.29) is 5.91 Å². The van der Waals surface area contributed by atoms with Crippen LogP contribution in [0.3, 0.4) is 0 Å². The molecule has 0 atom stereocenters. The highest BCUT2D eigenvalue weighted by molar-refractivity contribution is 5.76. The van der Waals surface area contributed by atoms with E-state index in [2.05, 4.69) is 5.32 Å². The number of nitrogens with one attached hydrogen (secondary N) is 1. The second-order valence-corrected chi connectivity index (χ2v) is 4.61. The van der Waals surface area contributed by atoms with Crippen LogP contribution in [0, 0.1) is 6.92 Å². The lowest BCUT2D eigenvalue weighted by Crippen LogP contribution is -2.24. The third-order valence-electron chi connectivity index (χ3n) is 3.08. The topological polar surface area (TPSA) is 38.3 Å². The van der Waals surface area contributed by atoms with Gasteiger partial charge in [-0.3, -0.25) is 4.79 Å². The molecule has 0 radical (unpaired) electrons. The maximum absolute atomic E-state index is 11.7. The van der Waals surface area contributed by atoms with Gasteiger partial charge in [0, 0.05) is 6.54 Å². The van der Waals surface area contributed by atoms with E-state index in [1.807, 2.05) is 61.5 Å². The SMILES string of the molecule is Cc1ccccc1CNC(=O)CCOc1ccccc1. The molecular formula is C17H19NO2. The molecule has 0 aromatic heterocycles. The van der Waals surface area contributed by atoms with Crippen LogP contribution in [-0.2, 0) is 11.3 Å². The van der Waals surface area contributed by atoms with E-state index < -0.39 is 0 Å². The van der Waals surface area contributed by atoms with Crippen LogP contribution < -0.4 is 10.1 Å². The number of benzene rings is 2. The lowest BCUT2D eigenvalue weighted by Gasteiger charge is -2.08. The zero-order valence-corrected chi connectivity index (χ0v) is 11.6. The van der Waals surface area contributed by atoms with Gasteiger partial charge in [0.25, 0.3) is 0 Å². The van der Waals surface area contributed by atoms with Gasteiger partial charge in [-0.1, -0.05) is 42.5 Å². The zero-order valence-electron chi connectivity index (χ0n) is 11.6. The average molecular weight is 269 g/mol. The molecule has 2 rings (SSSR count). The standard InChI is InChI=1S/C17H19NO2/c1-14-7-5-6-8-15(14)13-18-17(19)11-12-20-16-9-3-2-4-10-16/h2-10H,11-13H2,1H3,(H,18,19). The first-order valence-electron chi connectivity index (χ1n) is 6.75. The summed E-state index contributed by atoms with van der Waals surface area (Å²) in [7, 11) is 0. The summed E-state index contributed by atoms with van der Waals surface area (Å²) in [5.74, 6) is 0.795. The molecule has 0 bridgehead atoms. The van der Waals surface area contributed by atoms with Crippen molar-refractivity contribution in [1.29, 1.82) is 0 Å². The average Bonchev–Trinajstić information content (AvgIpc) is 2.47. The van der Waals surface area contributed by atoms with Crippen LogP contribution in [-0.4, -0.2) is 12.5 Å². The van der Waals surface area contributed by atoms with E-state index in [1.54, 1.807) is 0 Å². The number of hydrogen-bond acceptors (Lipinski definition) is 2. The van der Waals surface area contributed by atoms with Gasteiger partial charge in [0.2, 0.25) is 5.91 Å². The molecule has 0 aliphatic carbocycles. The molecule has 0 aliphatic rings. The van der Waals surface area contributed by atoms with Crippen molar-refractivity contribution in [2.75, 3.05) is 6.61 Å². The largest absolute Gasteiger partial charge is 0.493 e. The quantitative estimate of drug-likeness (QED) is 0.875. The van der Waals surface area contributed by atoms with Crippen molar-refractivity contribution in [3.63, 3.8) is 0 Å². The predicted octanol–water partition coefficient (Wildman–Crippen LogP) is 3.08. The lowest BCUT2D eigenvalue weighted by molar-refractivity contribution is -0.121. The summed E-state index contributed by atoms with van der Waals surface area (Å²) in [5.41, 5.74) is 2.33. The van der Waals surface area contributed by atoms with E-state index in [4.69, 9.17) is 4.74 Å². The third-order valence-corrected chi connectivity index (χ3v) is 3.08. The summed E-state index contributed by atoms with van der Waals surface area (Å²) in [6.07, 6.45) is 0.362. The van der Waals surface area contributed by atoms with Crippen molar-refractivity contribution < 1.29 is 9.53 Å². The monoisotopic (exact) mass is 269 g/mol. The van der Waals surface area contributed by atoms with Crippen LogP contribution in [0.15, 0.2) is 54.6 Å². The summed E-state index contributed by atoms with van der Waals surface area (Å²) >= 11 is 0. The second kappa shape index (κ2) is 7.34. The van der Waals surface area contributed by atoms with Crippen LogP contribution in [0.2, 0.25) is 0 Å². The summed E-state index contributed by atoms with van der Waals surface area (Å²) in [6.45, 7) is 3.00. The van der Waals surface area contributed by atoms with Crippen molar-refractivity contribution in [3.05, 3.63) is 65.7 Å². The van der Waals surface area contributed by atoms with Gasteiger partial charge in [0.05, 0.1) is 13.0 Å². The minimum atomic E-state index is 0.00387. The van der Waals surface area contributed by atoms with Crippen LogP contribution in [0.4, 0.5) is 0 Å². The lowest BCUT2D eigenvalue weighted by atomic mass is 10.1. The minimum absolute atomic E-state index is 0.00387. The first-order valence-corrected chi connectivity index (χ1v) is 6.75. The molecule has 0 unspecified atom stereocenters. The Hall–Kier alpha value is -2.29. The van der Waals surface area contributed by atoms with Gasteiger partial charge in [-0.15, -0.1) is 0 Å². The van der Waals surface area contributed by atoms with E-state index in [1.165, 1.54) is 5.56 Å². The molecule has 104 valence electrons. The fourth-order valence-electron chi connectivity index (χ4n) is 1.87. The Morgan fingerprint density at radius 3 is 2.50 bits per heavy atom. The molecule has 0 saturated heterocycles. The third kappa shape index (κ3) is 4.43. The highest BCUT2D eigenvalue weighted by Crippen LogP contribution is 2.09. The van der Waals surface area contributed by atoms with E-state index in [9.17, 15) is 4.79 Å². The van der Waals surface area contributed by atoms with Crippen molar-refractivity contribution >= 4 is 5.91 Å². The van der Waals surface area contributed by atoms with Gasteiger partial charge < -0.3 is 10.1 Å². The van der Waals surface area contributed by atoms with Gasteiger partial charge in [-0.25, -0.2) is 0 Å². The highest BCUT2D eigenvalue weighted by Gasteiger charge is 2.03. The number of carbonyl (C=O) groups excluding carboxylic acids is 1. The fourth-order valence-corrected chi connectivity index (χ4v) is 1.87. The number of aryl methyl sites for hydroxylation is 1. The van der Waals surface area contributed by atoms with Crippen molar-refractivity contribution in [1.82, 2.24) is 5.32 Å². The predicted molar refractivity (Wildman–Crippen MR) is 79.6 cm³/mol. The molecule has 1 amide bonds. The Kier molecular flexibility index (Phi) is 5.18. The highest BCUT2D eigenvalue weighted by atomic mass is 16.5. The molecule has 0 fully saturated rings. The van der Waals surface area contributed by atoms with Gasteiger partial charge in [0.15, 0.2) is 0 Å². The van der Waals surface area contributed by atoms with Crippen molar-refractivity contribution in [2.45, 2.75) is 19.9 Å². The second-order valence-electron chi connectivity index (χ2n) is 4.61. The summed E-state index contributed by atoms with van der Waals surface area (Å²) in [6, 6.07) is 17.6. The molecule has 2 aromatic carbocycles. The van der Waals surface area contributed by atoms with Crippen molar-refractivity contribution in [3.8, 4) is 5.75 Å². The van der Waals surface area contributed by atoms with Crippen LogP contribution in [0.1, 0.15) is 17.5 Å². The maximum Gasteiger partial charge on any atom is 0.223 e. The first kappa shape index (κ1) is 14.1. The van der Waals surface area contributed by atoms with E-state index in [0.717, 1.165) is 11.3 Å². The Bertz CT molecular complexity index is 552. The molecule has 0 aliphatic heterocycles. The number of ether oxygens (including phenoxy) is 1. The number of carbonyl (C=O) groups is 1. The molecule has 2 aromatic rings. The molecular weight excluding hydrogens is 250 g/mol. The Labute approximate surface area is 119 Å². The maximum atomic E-state index is 11.7. The van der Waals surface area contributed by atoms with Gasteiger partial charge in [-0.05, 0) is 30.2 Å². The normalized spacial score (nSPS) is 10.1. The van der Waals surface area contributed by atoms with Gasteiger partial charge in [-0.2, -0.15) is 0 Å². The van der Waals surface area contributed by atoms with E-state index >= 15 is 0 Å². The molecule has 20 heavy (non-hydrogen) atoms. The molecule has 0 saturated carbocycles. The van der Waals surface area contributed by atoms with E-state index in [0.29, 0.717) is 19.6 Å².